The number of ketones is 1. The third-order valence-electron chi connectivity index (χ3n) is 2.73. The number of aromatic nitrogens is 2. The highest BCUT2D eigenvalue weighted by Crippen LogP contribution is 2.07. The molecule has 0 fully saturated rings. The van der Waals surface area contributed by atoms with Crippen molar-refractivity contribution in [3.63, 3.8) is 0 Å². The lowest BCUT2D eigenvalue weighted by Crippen LogP contribution is -2.37. The van der Waals surface area contributed by atoms with Gasteiger partial charge < -0.3 is 4.74 Å². The number of Topliss-reactive ketones (excluding diaryl/α,β-unsaturated/α-hetero) is 1. The van der Waals surface area contributed by atoms with Gasteiger partial charge in [0.2, 0.25) is 12.3 Å². The molecule has 5 nitrogen and oxygen atoms in total. The van der Waals surface area contributed by atoms with Crippen LogP contribution in [0, 0.1) is 0 Å². The Morgan fingerprint density at radius 3 is 2.30 bits per heavy atom. The Kier molecular flexibility index (Phi) is 4.55. The summed E-state index contributed by atoms with van der Waals surface area (Å²) in [5.74, 6) is -0.411. The molecule has 0 aliphatic rings. The Morgan fingerprint density at radius 1 is 1.10 bits per heavy atom. The van der Waals surface area contributed by atoms with Crippen LogP contribution >= 0.6 is 0 Å². The van der Waals surface area contributed by atoms with E-state index in [9.17, 15) is 9.59 Å². The predicted molar refractivity (Wildman–Crippen MR) is 71.2 cm³/mol. The molecular weight excluding hydrogens is 256 g/mol. The Balaban J connectivity index is 2.06. The molecular formula is C15H15N2O3+. The standard InChI is InChI=1S/C15H15N2O3/c1-2-20-15(19)13-5-3-12(4-6-13)14(18)11-17-9-7-16-8-10-17/h3-10H,2,11H2,1H3/q+1. The maximum absolute atomic E-state index is 12.1. The summed E-state index contributed by atoms with van der Waals surface area (Å²) >= 11 is 0. The first-order valence-corrected chi connectivity index (χ1v) is 6.30. The van der Waals surface area contributed by atoms with Gasteiger partial charge in [-0.1, -0.05) is 12.1 Å². The molecule has 0 atom stereocenters. The highest BCUT2D eigenvalue weighted by Gasteiger charge is 2.13. The minimum Gasteiger partial charge on any atom is -0.462 e. The lowest BCUT2D eigenvalue weighted by Gasteiger charge is -2.02. The van der Waals surface area contributed by atoms with Crippen molar-refractivity contribution in [2.45, 2.75) is 13.5 Å². The monoisotopic (exact) mass is 271 g/mol. The molecule has 0 spiro atoms. The summed E-state index contributed by atoms with van der Waals surface area (Å²) in [4.78, 5) is 27.5. The Hall–Kier alpha value is -2.56. The van der Waals surface area contributed by atoms with Crippen LogP contribution in [0.2, 0.25) is 0 Å². The van der Waals surface area contributed by atoms with Crippen molar-refractivity contribution in [3.8, 4) is 0 Å². The number of ether oxygens (including phenoxy) is 1. The quantitative estimate of drug-likeness (QED) is 0.469. The number of hydrogen-bond acceptors (Lipinski definition) is 4. The second-order valence-electron chi connectivity index (χ2n) is 4.14. The van der Waals surface area contributed by atoms with Crippen molar-refractivity contribution >= 4 is 11.8 Å². The number of carbonyl (C=O) groups is 2. The van der Waals surface area contributed by atoms with Gasteiger partial charge in [-0.15, -0.1) is 0 Å². The molecule has 20 heavy (non-hydrogen) atoms. The van der Waals surface area contributed by atoms with E-state index in [0.29, 0.717) is 17.7 Å². The van der Waals surface area contributed by atoms with E-state index in [1.54, 1.807) is 60.5 Å². The van der Waals surface area contributed by atoms with Crippen LogP contribution in [0.5, 0.6) is 0 Å². The van der Waals surface area contributed by atoms with E-state index in [-0.39, 0.29) is 18.3 Å². The molecule has 1 aromatic heterocycles. The first kappa shape index (κ1) is 13.9. The molecule has 0 unspecified atom stereocenters. The van der Waals surface area contributed by atoms with Crippen LogP contribution in [0.4, 0.5) is 0 Å². The summed E-state index contributed by atoms with van der Waals surface area (Å²) in [5, 5.41) is 0. The highest BCUT2D eigenvalue weighted by atomic mass is 16.5. The average Bonchev–Trinajstić information content (AvgIpc) is 2.48. The molecule has 2 aromatic rings. The van der Waals surface area contributed by atoms with Crippen LogP contribution in [0.15, 0.2) is 49.1 Å². The van der Waals surface area contributed by atoms with E-state index in [1.165, 1.54) is 0 Å². The van der Waals surface area contributed by atoms with E-state index >= 15 is 0 Å². The maximum Gasteiger partial charge on any atom is 0.338 e. The fraction of sp³-hybridized carbons (Fsp3) is 0.200. The van der Waals surface area contributed by atoms with Crippen LogP contribution in [0.3, 0.4) is 0 Å². The molecule has 2 rings (SSSR count). The highest BCUT2D eigenvalue weighted by molar-refractivity contribution is 5.96. The van der Waals surface area contributed by atoms with Gasteiger partial charge in [0.05, 0.1) is 24.6 Å². The van der Waals surface area contributed by atoms with E-state index in [4.69, 9.17) is 4.74 Å². The fourth-order valence-electron chi connectivity index (χ4n) is 1.72. The summed E-state index contributed by atoms with van der Waals surface area (Å²) in [6, 6.07) is 6.47. The van der Waals surface area contributed by atoms with Crippen LogP contribution in [-0.2, 0) is 11.3 Å². The van der Waals surface area contributed by atoms with Gasteiger partial charge in [0.1, 0.15) is 0 Å². The zero-order chi connectivity index (χ0) is 14.4. The minimum atomic E-state index is -0.380. The largest absolute Gasteiger partial charge is 0.462 e. The summed E-state index contributed by atoms with van der Waals surface area (Å²) in [6.07, 6.45) is 6.70. The number of hydrogen-bond donors (Lipinski definition) is 0. The zero-order valence-electron chi connectivity index (χ0n) is 11.2. The van der Waals surface area contributed by atoms with E-state index in [1.807, 2.05) is 0 Å². The van der Waals surface area contributed by atoms with Gasteiger partial charge in [-0.2, -0.15) is 4.57 Å². The molecule has 1 heterocycles. The van der Waals surface area contributed by atoms with Gasteiger partial charge in [-0.05, 0) is 19.1 Å². The molecule has 0 radical (unpaired) electrons. The van der Waals surface area contributed by atoms with Crippen LogP contribution in [-0.4, -0.2) is 23.3 Å². The average molecular weight is 271 g/mol. The number of rotatable bonds is 5. The van der Waals surface area contributed by atoms with Gasteiger partial charge in [0.25, 0.3) is 0 Å². The summed E-state index contributed by atoms with van der Waals surface area (Å²) < 4.78 is 6.63. The Bertz CT molecular complexity index is 594. The van der Waals surface area contributed by atoms with Crippen molar-refractivity contribution < 1.29 is 18.9 Å². The first-order chi connectivity index (χ1) is 9.70. The van der Waals surface area contributed by atoms with Gasteiger partial charge in [0.15, 0.2) is 12.4 Å². The van der Waals surface area contributed by atoms with Crippen LogP contribution in [0.25, 0.3) is 0 Å². The number of esters is 1. The molecule has 5 heteroatoms. The van der Waals surface area contributed by atoms with Crippen molar-refractivity contribution in [2.75, 3.05) is 6.61 Å². The lowest BCUT2D eigenvalue weighted by atomic mass is 10.1. The predicted octanol–water partition coefficient (Wildman–Crippen LogP) is 1.43. The maximum atomic E-state index is 12.1. The number of carbonyl (C=O) groups excluding carboxylic acids is 2. The van der Waals surface area contributed by atoms with E-state index in [2.05, 4.69) is 4.98 Å². The summed E-state index contributed by atoms with van der Waals surface area (Å²) in [6.45, 7) is 2.32. The topological polar surface area (TPSA) is 60.1 Å². The smallest absolute Gasteiger partial charge is 0.338 e. The molecule has 0 bridgehead atoms. The van der Waals surface area contributed by atoms with Gasteiger partial charge >= 0.3 is 5.97 Å². The lowest BCUT2D eigenvalue weighted by molar-refractivity contribution is -0.683. The molecule has 1 aromatic carbocycles. The second-order valence-corrected chi connectivity index (χ2v) is 4.14. The number of benzene rings is 1. The molecule has 0 N–H and O–H groups in total. The third kappa shape index (κ3) is 3.47. The van der Waals surface area contributed by atoms with Gasteiger partial charge in [-0.3, -0.25) is 9.78 Å². The van der Waals surface area contributed by atoms with Gasteiger partial charge in [0, 0.05) is 5.56 Å². The van der Waals surface area contributed by atoms with Crippen molar-refractivity contribution in [1.29, 1.82) is 0 Å². The van der Waals surface area contributed by atoms with E-state index in [0.717, 1.165) is 0 Å². The Labute approximate surface area is 116 Å². The van der Waals surface area contributed by atoms with E-state index < -0.39 is 0 Å². The van der Waals surface area contributed by atoms with Crippen molar-refractivity contribution in [1.82, 2.24) is 4.98 Å². The minimum absolute atomic E-state index is 0.0309. The number of nitrogens with zero attached hydrogens (tertiary/aromatic N) is 2. The fourth-order valence-corrected chi connectivity index (χ4v) is 1.72. The normalized spacial score (nSPS) is 10.1. The molecule has 0 saturated heterocycles. The zero-order valence-corrected chi connectivity index (χ0v) is 11.2. The molecule has 102 valence electrons. The van der Waals surface area contributed by atoms with Crippen molar-refractivity contribution in [2.24, 2.45) is 0 Å². The Morgan fingerprint density at radius 2 is 1.70 bits per heavy atom. The first-order valence-electron chi connectivity index (χ1n) is 6.30. The molecule has 0 aliphatic carbocycles. The van der Waals surface area contributed by atoms with Crippen LogP contribution in [0.1, 0.15) is 27.6 Å². The molecule has 0 aliphatic heterocycles. The second kappa shape index (κ2) is 6.56. The molecule has 0 amide bonds. The van der Waals surface area contributed by atoms with Crippen LogP contribution < -0.4 is 4.57 Å². The van der Waals surface area contributed by atoms with Crippen molar-refractivity contribution in [3.05, 3.63) is 60.2 Å². The van der Waals surface area contributed by atoms with Gasteiger partial charge in [-0.25, -0.2) is 4.79 Å². The SMILES string of the molecule is CCOC(=O)c1ccc(C(=O)C[n+]2ccncc2)cc1. The summed E-state index contributed by atoms with van der Waals surface area (Å²) in [7, 11) is 0. The summed E-state index contributed by atoms with van der Waals surface area (Å²) in [5.41, 5.74) is 1.00. The molecule has 0 saturated carbocycles. The third-order valence-corrected chi connectivity index (χ3v) is 2.73.